The smallest absolute Gasteiger partial charge is 0.228 e. The van der Waals surface area contributed by atoms with Crippen LogP contribution in [0.4, 0.5) is 0 Å². The van der Waals surface area contributed by atoms with Crippen molar-refractivity contribution in [3.8, 4) is 11.5 Å². The second-order valence-electron chi connectivity index (χ2n) is 7.01. The molecule has 6 heteroatoms. The summed E-state index contributed by atoms with van der Waals surface area (Å²) in [4.78, 5) is 31.1. The van der Waals surface area contributed by atoms with Crippen molar-refractivity contribution in [2.75, 3.05) is 19.6 Å². The highest BCUT2D eigenvalue weighted by molar-refractivity contribution is 5.81. The predicted octanol–water partition coefficient (Wildman–Crippen LogP) is 2.96. The van der Waals surface area contributed by atoms with Crippen molar-refractivity contribution in [1.29, 1.82) is 0 Å². The van der Waals surface area contributed by atoms with Crippen LogP contribution in [0.25, 0.3) is 11.5 Å². The van der Waals surface area contributed by atoms with Crippen LogP contribution in [-0.4, -0.2) is 41.3 Å². The van der Waals surface area contributed by atoms with Gasteiger partial charge in [-0.2, -0.15) is 0 Å². The van der Waals surface area contributed by atoms with Crippen LogP contribution in [-0.2, 0) is 16.0 Å². The lowest BCUT2D eigenvalue weighted by molar-refractivity contribution is -0.135. The molecule has 1 aliphatic heterocycles. The summed E-state index contributed by atoms with van der Waals surface area (Å²) in [7, 11) is 0. The summed E-state index contributed by atoms with van der Waals surface area (Å²) in [5.74, 6) is 1.39. The first kappa shape index (κ1) is 19.1. The number of hydrogen-bond acceptors (Lipinski definition) is 4. The number of carbonyl (C=O) groups excluding carboxylic acids is 2. The molecule has 1 saturated heterocycles. The van der Waals surface area contributed by atoms with E-state index >= 15 is 0 Å². The molecule has 0 atom stereocenters. The van der Waals surface area contributed by atoms with E-state index in [1.807, 2.05) is 49.1 Å². The van der Waals surface area contributed by atoms with Gasteiger partial charge in [0.25, 0.3) is 0 Å². The molecular formula is C21H27N3O3. The van der Waals surface area contributed by atoms with Gasteiger partial charge in [-0.15, -0.1) is 0 Å². The fourth-order valence-electron chi connectivity index (χ4n) is 3.33. The van der Waals surface area contributed by atoms with Gasteiger partial charge in [0.05, 0.1) is 12.1 Å². The summed E-state index contributed by atoms with van der Waals surface area (Å²) in [6, 6.07) is 9.67. The third kappa shape index (κ3) is 4.76. The Morgan fingerprint density at radius 2 is 1.93 bits per heavy atom. The van der Waals surface area contributed by atoms with E-state index in [4.69, 9.17) is 4.42 Å². The minimum Gasteiger partial charge on any atom is -0.441 e. The second-order valence-corrected chi connectivity index (χ2v) is 7.01. The lowest BCUT2D eigenvalue weighted by atomic mass is 9.95. The van der Waals surface area contributed by atoms with Gasteiger partial charge in [-0.25, -0.2) is 4.98 Å². The van der Waals surface area contributed by atoms with Crippen molar-refractivity contribution in [2.24, 2.45) is 5.92 Å². The molecule has 144 valence electrons. The maximum Gasteiger partial charge on any atom is 0.228 e. The van der Waals surface area contributed by atoms with Crippen LogP contribution in [0.2, 0.25) is 0 Å². The van der Waals surface area contributed by atoms with Crippen LogP contribution in [0.5, 0.6) is 0 Å². The maximum absolute atomic E-state index is 12.7. The third-order valence-corrected chi connectivity index (χ3v) is 5.00. The third-order valence-electron chi connectivity index (χ3n) is 5.00. The molecule has 1 fully saturated rings. The molecular weight excluding hydrogens is 342 g/mol. The monoisotopic (exact) mass is 369 g/mol. The fraction of sp³-hybridized carbons (Fsp3) is 0.476. The fourth-order valence-corrected chi connectivity index (χ4v) is 3.33. The molecule has 0 spiro atoms. The number of aryl methyl sites for hydroxylation is 1. The van der Waals surface area contributed by atoms with Gasteiger partial charge in [-0.05, 0) is 38.3 Å². The molecule has 1 aromatic heterocycles. The van der Waals surface area contributed by atoms with Crippen molar-refractivity contribution in [2.45, 2.75) is 39.5 Å². The lowest BCUT2D eigenvalue weighted by Gasteiger charge is -2.31. The van der Waals surface area contributed by atoms with E-state index in [2.05, 4.69) is 10.3 Å². The van der Waals surface area contributed by atoms with Crippen molar-refractivity contribution >= 4 is 11.8 Å². The molecule has 0 aliphatic carbocycles. The predicted molar refractivity (Wildman–Crippen MR) is 103 cm³/mol. The van der Waals surface area contributed by atoms with Crippen molar-refractivity contribution in [3.05, 3.63) is 41.8 Å². The Bertz CT molecular complexity index is 777. The van der Waals surface area contributed by atoms with Crippen LogP contribution in [0.1, 0.15) is 37.6 Å². The summed E-state index contributed by atoms with van der Waals surface area (Å²) in [5.41, 5.74) is 1.58. The van der Waals surface area contributed by atoms with Crippen molar-refractivity contribution < 1.29 is 14.0 Å². The van der Waals surface area contributed by atoms with Crippen molar-refractivity contribution in [1.82, 2.24) is 15.2 Å². The van der Waals surface area contributed by atoms with Gasteiger partial charge in [0, 0.05) is 31.1 Å². The zero-order valence-electron chi connectivity index (χ0n) is 16.0. The SMILES string of the molecule is CCCNC(=O)C1CCN(C(=O)Cc2nc(-c3ccccc3)oc2C)CC1. The second kappa shape index (κ2) is 8.84. The largest absolute Gasteiger partial charge is 0.441 e. The van der Waals surface area contributed by atoms with Gasteiger partial charge in [-0.3, -0.25) is 9.59 Å². The van der Waals surface area contributed by atoms with Gasteiger partial charge in [0.2, 0.25) is 17.7 Å². The van der Waals surface area contributed by atoms with Gasteiger partial charge < -0.3 is 14.6 Å². The van der Waals surface area contributed by atoms with E-state index in [-0.39, 0.29) is 24.2 Å². The van der Waals surface area contributed by atoms with Gasteiger partial charge >= 0.3 is 0 Å². The van der Waals surface area contributed by atoms with Crippen LogP contribution in [0.15, 0.2) is 34.7 Å². The number of carbonyl (C=O) groups is 2. The highest BCUT2D eigenvalue weighted by atomic mass is 16.4. The Hall–Kier alpha value is -2.63. The number of amides is 2. The number of oxazole rings is 1. The quantitative estimate of drug-likeness (QED) is 0.849. The number of nitrogens with zero attached hydrogens (tertiary/aromatic N) is 2. The molecule has 2 amide bonds. The molecule has 1 aromatic carbocycles. The Labute approximate surface area is 160 Å². The first-order chi connectivity index (χ1) is 13.1. The average molecular weight is 369 g/mol. The summed E-state index contributed by atoms with van der Waals surface area (Å²) < 4.78 is 5.74. The molecule has 0 saturated carbocycles. The number of aromatic nitrogens is 1. The molecule has 27 heavy (non-hydrogen) atoms. The number of benzene rings is 1. The zero-order chi connectivity index (χ0) is 19.2. The summed E-state index contributed by atoms with van der Waals surface area (Å²) >= 11 is 0. The molecule has 6 nitrogen and oxygen atoms in total. The van der Waals surface area contributed by atoms with E-state index in [1.165, 1.54) is 0 Å². The van der Waals surface area contributed by atoms with E-state index in [1.54, 1.807) is 0 Å². The average Bonchev–Trinajstić information content (AvgIpc) is 3.07. The van der Waals surface area contributed by atoms with E-state index < -0.39 is 0 Å². The lowest BCUT2D eigenvalue weighted by Crippen LogP contribution is -2.43. The molecule has 3 rings (SSSR count). The first-order valence-electron chi connectivity index (χ1n) is 9.65. The first-order valence-corrected chi connectivity index (χ1v) is 9.65. The van der Waals surface area contributed by atoms with E-state index in [0.717, 1.165) is 12.0 Å². The van der Waals surface area contributed by atoms with Gasteiger partial charge in [0.15, 0.2) is 0 Å². The minimum absolute atomic E-state index is 0.0130. The molecule has 2 heterocycles. The molecule has 2 aromatic rings. The highest BCUT2D eigenvalue weighted by Crippen LogP contribution is 2.23. The molecule has 1 N–H and O–H groups in total. The Morgan fingerprint density at radius 3 is 2.59 bits per heavy atom. The normalized spacial score (nSPS) is 15.0. The number of likely N-dealkylation sites (tertiary alicyclic amines) is 1. The van der Waals surface area contributed by atoms with Crippen LogP contribution >= 0.6 is 0 Å². The van der Waals surface area contributed by atoms with Crippen LogP contribution in [0.3, 0.4) is 0 Å². The van der Waals surface area contributed by atoms with Crippen LogP contribution in [0, 0.1) is 12.8 Å². The molecule has 1 aliphatic rings. The van der Waals surface area contributed by atoms with Crippen LogP contribution < -0.4 is 5.32 Å². The Kier molecular flexibility index (Phi) is 6.27. The van der Waals surface area contributed by atoms with Gasteiger partial charge in [0.1, 0.15) is 5.76 Å². The number of rotatable bonds is 6. The summed E-state index contributed by atoms with van der Waals surface area (Å²) in [6.07, 6.45) is 2.60. The highest BCUT2D eigenvalue weighted by Gasteiger charge is 2.28. The van der Waals surface area contributed by atoms with Crippen molar-refractivity contribution in [3.63, 3.8) is 0 Å². The molecule has 0 unspecified atom stereocenters. The summed E-state index contributed by atoms with van der Waals surface area (Å²) in [6.45, 7) is 5.83. The Balaban J connectivity index is 1.56. The molecule has 0 bridgehead atoms. The number of piperidine rings is 1. The maximum atomic E-state index is 12.7. The van der Waals surface area contributed by atoms with E-state index in [9.17, 15) is 9.59 Å². The standard InChI is InChI=1S/C21H27N3O3/c1-3-11-22-20(26)16-9-12-24(13-10-16)19(25)14-18-15(2)27-21(23-18)17-7-5-4-6-8-17/h4-8,16H,3,9-14H2,1-2H3,(H,22,26). The van der Waals surface area contributed by atoms with E-state index in [0.29, 0.717) is 49.8 Å². The zero-order valence-corrected chi connectivity index (χ0v) is 16.0. The number of nitrogens with one attached hydrogen (secondary N) is 1. The summed E-state index contributed by atoms with van der Waals surface area (Å²) in [5, 5.41) is 2.95. The topological polar surface area (TPSA) is 75.4 Å². The molecule has 0 radical (unpaired) electrons. The minimum atomic E-state index is 0.0130. The number of hydrogen-bond donors (Lipinski definition) is 1. The van der Waals surface area contributed by atoms with Gasteiger partial charge in [-0.1, -0.05) is 25.1 Å². The Morgan fingerprint density at radius 1 is 1.22 bits per heavy atom.